The van der Waals surface area contributed by atoms with E-state index in [1.165, 1.54) is 0 Å². The summed E-state index contributed by atoms with van der Waals surface area (Å²) in [4.78, 5) is 16.8. The Morgan fingerprint density at radius 3 is 3.04 bits per heavy atom. The van der Waals surface area contributed by atoms with Crippen LogP contribution in [0.15, 0.2) is 41.9 Å². The number of ether oxygens (including phenoxy) is 1. The van der Waals surface area contributed by atoms with E-state index in [2.05, 4.69) is 20.6 Å². The van der Waals surface area contributed by atoms with Crippen LogP contribution in [0.5, 0.6) is 0 Å². The fourth-order valence-corrected chi connectivity index (χ4v) is 3.68. The van der Waals surface area contributed by atoms with E-state index in [-0.39, 0.29) is 12.0 Å². The average molecular weight is 369 g/mol. The molecule has 1 N–H and O–H groups in total. The molecule has 8 heteroatoms. The number of hydrogen-bond acceptors (Lipinski definition) is 6. The molecule has 0 bridgehead atoms. The highest BCUT2D eigenvalue weighted by atomic mass is 32.1. The van der Waals surface area contributed by atoms with Gasteiger partial charge in [0.15, 0.2) is 5.69 Å². The molecule has 1 aromatic carbocycles. The van der Waals surface area contributed by atoms with Gasteiger partial charge in [-0.1, -0.05) is 35.5 Å². The quantitative estimate of drug-likeness (QED) is 0.722. The van der Waals surface area contributed by atoms with Gasteiger partial charge in [0.2, 0.25) is 0 Å². The van der Waals surface area contributed by atoms with Crippen LogP contribution in [0.2, 0.25) is 0 Å². The van der Waals surface area contributed by atoms with Crippen LogP contribution in [0.4, 0.5) is 0 Å². The van der Waals surface area contributed by atoms with E-state index in [1.54, 1.807) is 22.2 Å². The second kappa shape index (κ2) is 7.76. The van der Waals surface area contributed by atoms with Crippen LogP contribution in [0.25, 0.3) is 10.6 Å². The van der Waals surface area contributed by atoms with E-state index in [1.807, 2.05) is 35.7 Å². The number of carbonyl (C=O) groups is 1. The number of rotatable bonds is 6. The molecule has 2 aromatic heterocycles. The molecular formula is C18H19N5O2S. The number of aromatic nitrogens is 4. The van der Waals surface area contributed by atoms with Crippen LogP contribution in [-0.2, 0) is 17.8 Å². The molecule has 0 saturated carbocycles. The minimum atomic E-state index is -0.252. The zero-order valence-electron chi connectivity index (χ0n) is 14.2. The summed E-state index contributed by atoms with van der Waals surface area (Å²) in [6.45, 7) is 1.79. The number of carbonyl (C=O) groups excluding carboxylic acids is 1. The van der Waals surface area contributed by atoms with Crippen molar-refractivity contribution < 1.29 is 9.53 Å². The first kappa shape index (κ1) is 16.9. The van der Waals surface area contributed by atoms with E-state index in [9.17, 15) is 4.79 Å². The highest BCUT2D eigenvalue weighted by Crippen LogP contribution is 2.23. The van der Waals surface area contributed by atoms with Crippen molar-refractivity contribution in [3.05, 3.63) is 53.3 Å². The van der Waals surface area contributed by atoms with Crippen LogP contribution in [0.3, 0.4) is 0 Å². The smallest absolute Gasteiger partial charge is 0.273 e. The van der Waals surface area contributed by atoms with Crippen molar-refractivity contribution in [2.24, 2.45) is 0 Å². The van der Waals surface area contributed by atoms with Gasteiger partial charge >= 0.3 is 0 Å². The molecule has 0 aliphatic carbocycles. The Bertz CT molecular complexity index is 871. The third kappa shape index (κ3) is 3.97. The lowest BCUT2D eigenvalue weighted by molar-refractivity contribution is 0.0929. The summed E-state index contributed by atoms with van der Waals surface area (Å²) in [6, 6.07) is 9.99. The average Bonchev–Trinajstić information content (AvgIpc) is 3.43. The second-order valence-electron chi connectivity index (χ2n) is 6.15. The highest BCUT2D eigenvalue weighted by molar-refractivity contribution is 7.13. The van der Waals surface area contributed by atoms with Gasteiger partial charge in [0.05, 0.1) is 31.1 Å². The first-order valence-electron chi connectivity index (χ1n) is 8.58. The molecule has 1 amide bonds. The van der Waals surface area contributed by atoms with Crippen LogP contribution >= 0.6 is 11.3 Å². The van der Waals surface area contributed by atoms with Crippen LogP contribution in [0.1, 0.15) is 29.0 Å². The van der Waals surface area contributed by atoms with Crippen molar-refractivity contribution in [2.75, 3.05) is 6.61 Å². The predicted molar refractivity (Wildman–Crippen MR) is 97.7 cm³/mol. The van der Waals surface area contributed by atoms with Crippen molar-refractivity contribution >= 4 is 17.2 Å². The van der Waals surface area contributed by atoms with Gasteiger partial charge < -0.3 is 10.1 Å². The maximum Gasteiger partial charge on any atom is 0.273 e. The Balaban J connectivity index is 1.32. The van der Waals surface area contributed by atoms with Crippen molar-refractivity contribution in [3.63, 3.8) is 0 Å². The minimum Gasteiger partial charge on any atom is -0.376 e. The maximum absolute atomic E-state index is 12.3. The normalized spacial score (nSPS) is 16.7. The lowest BCUT2D eigenvalue weighted by Gasteiger charge is -2.07. The van der Waals surface area contributed by atoms with E-state index < -0.39 is 0 Å². The molecule has 3 aromatic rings. The summed E-state index contributed by atoms with van der Waals surface area (Å²) >= 11 is 1.56. The van der Waals surface area contributed by atoms with Gasteiger partial charge in [-0.3, -0.25) is 4.79 Å². The standard InChI is InChI=1S/C18H19N5O2S/c24-17(16-11-23(22-21-16)10-15-7-4-8-25-15)19-9-14-12-26-18(20-14)13-5-2-1-3-6-13/h1-3,5-6,11-12,15H,4,7-10H2,(H,19,24). The lowest BCUT2D eigenvalue weighted by Crippen LogP contribution is -2.23. The number of hydrogen-bond donors (Lipinski definition) is 1. The number of nitrogens with zero attached hydrogens (tertiary/aromatic N) is 4. The molecule has 1 fully saturated rings. The summed E-state index contributed by atoms with van der Waals surface area (Å²) in [6.07, 6.45) is 3.92. The molecule has 134 valence electrons. The Morgan fingerprint density at radius 1 is 1.35 bits per heavy atom. The molecule has 4 rings (SSSR count). The van der Waals surface area contributed by atoms with E-state index in [0.29, 0.717) is 18.8 Å². The zero-order chi connectivity index (χ0) is 17.8. The Kier molecular flexibility index (Phi) is 5.03. The van der Waals surface area contributed by atoms with E-state index in [0.717, 1.165) is 35.7 Å². The number of nitrogens with one attached hydrogen (secondary N) is 1. The summed E-state index contributed by atoms with van der Waals surface area (Å²) in [5.41, 5.74) is 2.21. The molecule has 26 heavy (non-hydrogen) atoms. The Morgan fingerprint density at radius 2 is 2.23 bits per heavy atom. The first-order valence-corrected chi connectivity index (χ1v) is 9.45. The van der Waals surface area contributed by atoms with Crippen LogP contribution in [-0.4, -0.2) is 38.6 Å². The molecule has 1 aliphatic rings. The van der Waals surface area contributed by atoms with Gasteiger partial charge in [-0.2, -0.15) is 0 Å². The van der Waals surface area contributed by atoms with Gasteiger partial charge in [0, 0.05) is 17.6 Å². The van der Waals surface area contributed by atoms with Gasteiger partial charge in [-0.25, -0.2) is 9.67 Å². The van der Waals surface area contributed by atoms with Crippen molar-refractivity contribution in [2.45, 2.75) is 32.0 Å². The van der Waals surface area contributed by atoms with E-state index >= 15 is 0 Å². The Hall–Kier alpha value is -2.58. The second-order valence-corrected chi connectivity index (χ2v) is 7.01. The zero-order valence-corrected chi connectivity index (χ0v) is 15.0. The molecule has 1 aliphatic heterocycles. The number of amides is 1. The van der Waals surface area contributed by atoms with Crippen molar-refractivity contribution in [1.29, 1.82) is 0 Å². The molecule has 1 atom stereocenters. The third-order valence-corrected chi connectivity index (χ3v) is 5.13. The maximum atomic E-state index is 12.3. The lowest BCUT2D eigenvalue weighted by atomic mass is 10.2. The van der Waals surface area contributed by atoms with Crippen LogP contribution < -0.4 is 5.32 Å². The molecule has 3 heterocycles. The third-order valence-electron chi connectivity index (χ3n) is 4.19. The minimum absolute atomic E-state index is 0.166. The number of benzene rings is 1. The van der Waals surface area contributed by atoms with E-state index in [4.69, 9.17) is 4.74 Å². The van der Waals surface area contributed by atoms with Crippen LogP contribution in [0, 0.1) is 0 Å². The summed E-state index contributed by atoms with van der Waals surface area (Å²) in [7, 11) is 0. The summed E-state index contributed by atoms with van der Waals surface area (Å²) in [5.74, 6) is -0.252. The van der Waals surface area contributed by atoms with Gasteiger partial charge in [-0.15, -0.1) is 16.4 Å². The summed E-state index contributed by atoms with van der Waals surface area (Å²) in [5, 5.41) is 13.7. The topological polar surface area (TPSA) is 81.9 Å². The fraction of sp³-hybridized carbons (Fsp3) is 0.333. The molecule has 7 nitrogen and oxygen atoms in total. The fourth-order valence-electron chi connectivity index (χ4n) is 2.85. The first-order chi connectivity index (χ1) is 12.8. The SMILES string of the molecule is O=C(NCc1csc(-c2ccccc2)n1)c1cn(CC2CCCO2)nn1. The monoisotopic (exact) mass is 369 g/mol. The number of thiazole rings is 1. The highest BCUT2D eigenvalue weighted by Gasteiger charge is 2.18. The van der Waals surface area contributed by atoms with Crippen molar-refractivity contribution in [3.8, 4) is 10.6 Å². The summed E-state index contributed by atoms with van der Waals surface area (Å²) < 4.78 is 7.24. The Labute approximate surface area is 155 Å². The predicted octanol–water partition coefficient (Wildman–Crippen LogP) is 2.51. The van der Waals surface area contributed by atoms with Crippen molar-refractivity contribution in [1.82, 2.24) is 25.3 Å². The molecule has 0 spiro atoms. The molecule has 1 saturated heterocycles. The molecule has 1 unspecified atom stereocenters. The molecule has 0 radical (unpaired) electrons. The largest absolute Gasteiger partial charge is 0.376 e. The van der Waals surface area contributed by atoms with Gasteiger partial charge in [0.25, 0.3) is 5.91 Å². The van der Waals surface area contributed by atoms with Gasteiger partial charge in [-0.05, 0) is 12.8 Å². The molecular weight excluding hydrogens is 350 g/mol. The van der Waals surface area contributed by atoms with Gasteiger partial charge in [0.1, 0.15) is 5.01 Å².